The van der Waals surface area contributed by atoms with Gasteiger partial charge in [0.2, 0.25) is 10.0 Å². The number of hydrogen-bond acceptors (Lipinski definition) is 7. The smallest absolute Gasteiger partial charge is 0.296 e. The summed E-state index contributed by atoms with van der Waals surface area (Å²) in [7, 11) is -2.31. The molecule has 0 unspecified atom stereocenters. The van der Waals surface area contributed by atoms with Crippen LogP contribution in [-0.2, 0) is 20.2 Å². The predicted octanol–water partition coefficient (Wildman–Crippen LogP) is 5.02. The average molecular weight is 538 g/mol. The molecule has 2 N–H and O–H groups in total. The molecular formula is C28H31N3O6S. The van der Waals surface area contributed by atoms with Crippen molar-refractivity contribution in [2.75, 3.05) is 30.0 Å². The highest BCUT2D eigenvalue weighted by atomic mass is 32.2. The number of ether oxygens (including phenoxy) is 2. The first-order valence-corrected chi connectivity index (χ1v) is 13.8. The lowest BCUT2D eigenvalue weighted by molar-refractivity contribution is -0.112. The molecule has 10 heteroatoms. The summed E-state index contributed by atoms with van der Waals surface area (Å²) in [5.74, 6) is -1.06. The first-order chi connectivity index (χ1) is 17.9. The summed E-state index contributed by atoms with van der Waals surface area (Å²) in [4.78, 5) is 26.5. The quantitative estimate of drug-likeness (QED) is 0.211. The van der Waals surface area contributed by atoms with Gasteiger partial charge in [-0.25, -0.2) is 8.42 Å². The minimum Gasteiger partial charge on any atom is -0.493 e. The number of nitrogens with one attached hydrogen (secondary N) is 2. The van der Waals surface area contributed by atoms with Gasteiger partial charge in [-0.1, -0.05) is 45.0 Å². The van der Waals surface area contributed by atoms with Crippen molar-refractivity contribution in [1.29, 1.82) is 5.26 Å². The van der Waals surface area contributed by atoms with Gasteiger partial charge in [-0.05, 0) is 47.1 Å². The van der Waals surface area contributed by atoms with E-state index in [1.807, 2.05) is 20.8 Å². The number of hydrogen-bond donors (Lipinski definition) is 2. The molecule has 0 aliphatic carbocycles. The van der Waals surface area contributed by atoms with Crippen molar-refractivity contribution >= 4 is 43.9 Å². The summed E-state index contributed by atoms with van der Waals surface area (Å²) < 4.78 is 37.6. The van der Waals surface area contributed by atoms with Crippen LogP contribution in [0.3, 0.4) is 0 Å². The SMILES string of the molecule is COc1c(NC(=O)C(=O)c2ccc(OCCCC#N)c3ccccc23)cc(C(C)(C)C)cc1NS(C)(=O)=O. The first kappa shape index (κ1) is 28.5. The van der Waals surface area contributed by atoms with Crippen molar-refractivity contribution in [3.05, 3.63) is 59.7 Å². The van der Waals surface area contributed by atoms with E-state index in [4.69, 9.17) is 14.7 Å². The van der Waals surface area contributed by atoms with Gasteiger partial charge in [0.1, 0.15) is 5.75 Å². The minimum absolute atomic E-state index is 0.0792. The molecule has 0 saturated carbocycles. The van der Waals surface area contributed by atoms with E-state index in [1.165, 1.54) is 13.2 Å². The van der Waals surface area contributed by atoms with Crippen LogP contribution in [0.5, 0.6) is 11.5 Å². The van der Waals surface area contributed by atoms with Crippen LogP contribution >= 0.6 is 0 Å². The molecule has 0 aromatic heterocycles. The molecule has 0 aliphatic rings. The maximum atomic E-state index is 13.3. The molecule has 0 radical (unpaired) electrons. The number of carbonyl (C=O) groups is 2. The third-order valence-corrected chi connectivity index (χ3v) is 6.32. The Hall–Kier alpha value is -4.10. The van der Waals surface area contributed by atoms with Crippen LogP contribution in [0.2, 0.25) is 0 Å². The lowest BCUT2D eigenvalue weighted by Crippen LogP contribution is -2.24. The highest BCUT2D eigenvalue weighted by Crippen LogP contribution is 2.39. The van der Waals surface area contributed by atoms with E-state index in [-0.39, 0.29) is 22.7 Å². The molecule has 9 nitrogen and oxygen atoms in total. The molecule has 0 saturated heterocycles. The zero-order chi connectivity index (χ0) is 28.1. The van der Waals surface area contributed by atoms with Crippen LogP contribution in [0.1, 0.15) is 49.5 Å². The van der Waals surface area contributed by atoms with E-state index >= 15 is 0 Å². The van der Waals surface area contributed by atoms with Crippen molar-refractivity contribution in [3.63, 3.8) is 0 Å². The monoisotopic (exact) mass is 537 g/mol. The fourth-order valence-corrected chi connectivity index (χ4v) is 4.43. The summed E-state index contributed by atoms with van der Waals surface area (Å²) in [5.41, 5.74) is 0.807. The lowest BCUT2D eigenvalue weighted by atomic mass is 9.86. The number of methoxy groups -OCH3 is 1. The molecule has 3 rings (SSSR count). The van der Waals surface area contributed by atoms with Gasteiger partial charge in [-0.15, -0.1) is 0 Å². The van der Waals surface area contributed by atoms with Gasteiger partial charge < -0.3 is 14.8 Å². The number of Topliss-reactive ketones (excluding diaryl/α,β-unsaturated/α-hetero) is 1. The van der Waals surface area contributed by atoms with E-state index < -0.39 is 27.1 Å². The topological polar surface area (TPSA) is 135 Å². The highest BCUT2D eigenvalue weighted by molar-refractivity contribution is 7.92. The van der Waals surface area contributed by atoms with Gasteiger partial charge in [-0.2, -0.15) is 5.26 Å². The Bertz CT molecular complexity index is 1520. The predicted molar refractivity (Wildman–Crippen MR) is 147 cm³/mol. The molecule has 0 bridgehead atoms. The van der Waals surface area contributed by atoms with E-state index in [0.29, 0.717) is 36.0 Å². The maximum absolute atomic E-state index is 13.3. The van der Waals surface area contributed by atoms with E-state index in [9.17, 15) is 18.0 Å². The number of ketones is 1. The number of anilines is 2. The molecule has 0 spiro atoms. The number of nitriles is 1. The summed E-state index contributed by atoms with van der Waals surface area (Å²) in [6.07, 6.45) is 1.95. The molecule has 38 heavy (non-hydrogen) atoms. The Balaban J connectivity index is 1.99. The highest BCUT2D eigenvalue weighted by Gasteiger charge is 2.25. The van der Waals surface area contributed by atoms with Crippen LogP contribution in [-0.4, -0.2) is 40.1 Å². The standard InChI is InChI=1S/C28H31N3O6S/c1-28(2,3)18-16-22(26(36-4)23(17-18)31-38(5,34)35)30-27(33)25(32)21-12-13-24(37-15-9-8-14-29)20-11-7-6-10-19(20)21/h6-7,10-13,16-17,31H,8-9,15H2,1-5H3,(H,30,33). The fraction of sp³-hybridized carbons (Fsp3) is 0.321. The number of benzene rings is 3. The van der Waals surface area contributed by atoms with Crippen molar-refractivity contribution < 1.29 is 27.5 Å². The van der Waals surface area contributed by atoms with Crippen molar-refractivity contribution in [2.24, 2.45) is 0 Å². The van der Waals surface area contributed by atoms with Gasteiger partial charge in [0.25, 0.3) is 11.7 Å². The number of unbranched alkanes of at least 4 members (excludes halogenated alkanes) is 1. The molecular weight excluding hydrogens is 506 g/mol. The van der Waals surface area contributed by atoms with Gasteiger partial charge in [0.05, 0.1) is 37.4 Å². The largest absolute Gasteiger partial charge is 0.493 e. The van der Waals surface area contributed by atoms with Crippen LogP contribution in [0.25, 0.3) is 10.8 Å². The summed E-state index contributed by atoms with van der Waals surface area (Å²) in [5, 5.41) is 12.5. The first-order valence-electron chi connectivity index (χ1n) is 11.9. The Labute approximate surface area is 222 Å². The summed E-state index contributed by atoms with van der Waals surface area (Å²) in [6.45, 7) is 6.16. The molecule has 0 aliphatic heterocycles. The Kier molecular flexibility index (Phi) is 8.63. The molecule has 0 heterocycles. The fourth-order valence-electron chi connectivity index (χ4n) is 3.88. The van der Waals surface area contributed by atoms with Crippen molar-refractivity contribution in [1.82, 2.24) is 0 Å². The van der Waals surface area contributed by atoms with Crippen LogP contribution in [0.15, 0.2) is 48.5 Å². The average Bonchev–Trinajstić information content (AvgIpc) is 2.84. The number of rotatable bonds is 10. The zero-order valence-electron chi connectivity index (χ0n) is 22.0. The van der Waals surface area contributed by atoms with E-state index in [0.717, 1.165) is 11.8 Å². The van der Waals surface area contributed by atoms with Gasteiger partial charge in [-0.3, -0.25) is 14.3 Å². The molecule has 3 aromatic rings. The molecule has 1 amide bonds. The van der Waals surface area contributed by atoms with Crippen molar-refractivity contribution in [2.45, 2.75) is 39.0 Å². The Morgan fingerprint density at radius 1 is 1.03 bits per heavy atom. The van der Waals surface area contributed by atoms with E-state index in [2.05, 4.69) is 16.1 Å². The summed E-state index contributed by atoms with van der Waals surface area (Å²) >= 11 is 0. The summed E-state index contributed by atoms with van der Waals surface area (Å²) in [6, 6.07) is 15.6. The minimum atomic E-state index is -3.65. The van der Waals surface area contributed by atoms with Crippen molar-refractivity contribution in [3.8, 4) is 17.6 Å². The number of carbonyl (C=O) groups excluding carboxylic acids is 2. The molecule has 0 atom stereocenters. The Morgan fingerprint density at radius 2 is 1.68 bits per heavy atom. The molecule has 0 fully saturated rings. The van der Waals surface area contributed by atoms with Gasteiger partial charge >= 0.3 is 0 Å². The second-order valence-electron chi connectivity index (χ2n) is 9.78. The molecule has 200 valence electrons. The van der Waals surface area contributed by atoms with Gasteiger partial charge in [0.15, 0.2) is 5.75 Å². The van der Waals surface area contributed by atoms with E-state index in [1.54, 1.807) is 42.5 Å². The molecule has 3 aromatic carbocycles. The normalized spacial score (nSPS) is 11.5. The van der Waals surface area contributed by atoms with Gasteiger partial charge in [0, 0.05) is 17.4 Å². The third-order valence-electron chi connectivity index (χ3n) is 5.73. The number of nitrogens with zero attached hydrogens (tertiary/aromatic N) is 1. The number of amides is 1. The zero-order valence-corrected chi connectivity index (χ0v) is 22.9. The second-order valence-corrected chi connectivity index (χ2v) is 11.5. The number of sulfonamides is 1. The lowest BCUT2D eigenvalue weighted by Gasteiger charge is -2.23. The van der Waals surface area contributed by atoms with Crippen LogP contribution < -0.4 is 19.5 Å². The van der Waals surface area contributed by atoms with Crippen LogP contribution in [0.4, 0.5) is 11.4 Å². The third kappa shape index (κ3) is 6.81. The number of fused-ring (bicyclic) bond motifs is 1. The maximum Gasteiger partial charge on any atom is 0.296 e. The van der Waals surface area contributed by atoms with Crippen LogP contribution in [0, 0.1) is 11.3 Å². The Morgan fingerprint density at radius 3 is 2.29 bits per heavy atom. The second kappa shape index (κ2) is 11.5.